The molecule has 0 bridgehead atoms. The van der Waals surface area contributed by atoms with Crippen LogP contribution in [0.2, 0.25) is 0 Å². The van der Waals surface area contributed by atoms with Crippen LogP contribution in [-0.2, 0) is 12.8 Å². The molecule has 7 nitrogen and oxygen atoms in total. The number of amides is 1. The summed E-state index contributed by atoms with van der Waals surface area (Å²) in [6, 6.07) is 13.7. The number of nitrogens with one attached hydrogen (secondary N) is 1. The summed E-state index contributed by atoms with van der Waals surface area (Å²) in [6.07, 6.45) is 1.66. The molecule has 2 aromatic carbocycles. The van der Waals surface area contributed by atoms with Crippen LogP contribution in [0.1, 0.15) is 21.5 Å². The number of ether oxygens (including phenoxy) is 2. The molecule has 1 N–H and O–H groups in total. The minimum atomic E-state index is 0.0144. The lowest BCUT2D eigenvalue weighted by atomic mass is 10.1. The van der Waals surface area contributed by atoms with Crippen molar-refractivity contribution in [1.82, 2.24) is 15.1 Å². The van der Waals surface area contributed by atoms with Crippen molar-refractivity contribution in [2.75, 3.05) is 55.5 Å². The lowest BCUT2D eigenvalue weighted by Crippen LogP contribution is -2.40. The van der Waals surface area contributed by atoms with Crippen LogP contribution in [0.4, 0.5) is 0 Å². The van der Waals surface area contributed by atoms with Crippen molar-refractivity contribution in [1.29, 1.82) is 0 Å². The first kappa shape index (κ1) is 24.1. The standard InChI is InChI=1S/C24H34N4O3/c1-25-24(26-14-12-18-8-7-9-20(16-18)23(29)27(2)3)28(4)15-13-19-10-11-21(30-5)22(17-19)31-6/h7-11,16-17H,12-15H2,1-6H3,(H,25,26). The van der Waals surface area contributed by atoms with Gasteiger partial charge in [-0.25, -0.2) is 0 Å². The van der Waals surface area contributed by atoms with Gasteiger partial charge in [0.05, 0.1) is 14.2 Å². The molecule has 0 unspecified atom stereocenters. The Morgan fingerprint density at radius 1 is 0.968 bits per heavy atom. The minimum Gasteiger partial charge on any atom is -0.493 e. The molecule has 0 aliphatic carbocycles. The van der Waals surface area contributed by atoms with E-state index in [9.17, 15) is 4.79 Å². The number of hydrogen-bond donors (Lipinski definition) is 1. The van der Waals surface area contributed by atoms with E-state index in [4.69, 9.17) is 9.47 Å². The summed E-state index contributed by atoms with van der Waals surface area (Å²) in [5.41, 5.74) is 2.99. The Kier molecular flexibility index (Phi) is 9.18. The summed E-state index contributed by atoms with van der Waals surface area (Å²) >= 11 is 0. The van der Waals surface area contributed by atoms with Crippen LogP contribution in [0.3, 0.4) is 0 Å². The second-order valence-corrected chi connectivity index (χ2v) is 7.48. The van der Waals surface area contributed by atoms with Crippen molar-refractivity contribution in [3.63, 3.8) is 0 Å². The van der Waals surface area contributed by atoms with Crippen molar-refractivity contribution >= 4 is 11.9 Å². The summed E-state index contributed by atoms with van der Waals surface area (Å²) in [5.74, 6) is 2.31. The van der Waals surface area contributed by atoms with Crippen molar-refractivity contribution in [3.8, 4) is 11.5 Å². The Morgan fingerprint density at radius 2 is 1.68 bits per heavy atom. The fourth-order valence-electron chi connectivity index (χ4n) is 3.26. The summed E-state index contributed by atoms with van der Waals surface area (Å²) in [5, 5.41) is 3.40. The number of hydrogen-bond acceptors (Lipinski definition) is 4. The normalized spacial score (nSPS) is 11.1. The third kappa shape index (κ3) is 6.91. The highest BCUT2D eigenvalue weighted by atomic mass is 16.5. The maximum atomic E-state index is 12.1. The lowest BCUT2D eigenvalue weighted by molar-refractivity contribution is 0.0827. The van der Waals surface area contributed by atoms with Gasteiger partial charge in [0.15, 0.2) is 17.5 Å². The number of benzene rings is 2. The Morgan fingerprint density at radius 3 is 2.32 bits per heavy atom. The highest BCUT2D eigenvalue weighted by Gasteiger charge is 2.10. The SMILES string of the molecule is CN=C(NCCc1cccc(C(=O)N(C)C)c1)N(C)CCc1ccc(OC)c(OC)c1. The quantitative estimate of drug-likeness (QED) is 0.493. The second kappa shape index (κ2) is 11.8. The van der Waals surface area contributed by atoms with E-state index in [1.54, 1.807) is 40.3 Å². The van der Waals surface area contributed by atoms with Crippen molar-refractivity contribution in [2.45, 2.75) is 12.8 Å². The van der Waals surface area contributed by atoms with Crippen LogP contribution in [0.5, 0.6) is 11.5 Å². The summed E-state index contributed by atoms with van der Waals surface area (Å²) in [7, 11) is 10.6. The molecule has 0 atom stereocenters. The van der Waals surface area contributed by atoms with Gasteiger partial charge in [-0.2, -0.15) is 0 Å². The molecular formula is C24H34N4O3. The van der Waals surface area contributed by atoms with Gasteiger partial charge in [-0.1, -0.05) is 18.2 Å². The monoisotopic (exact) mass is 426 g/mol. The average molecular weight is 427 g/mol. The van der Waals surface area contributed by atoms with Crippen LogP contribution < -0.4 is 14.8 Å². The second-order valence-electron chi connectivity index (χ2n) is 7.48. The molecule has 0 aliphatic rings. The molecule has 7 heteroatoms. The minimum absolute atomic E-state index is 0.0144. The van der Waals surface area contributed by atoms with E-state index in [0.29, 0.717) is 5.56 Å². The van der Waals surface area contributed by atoms with Gasteiger partial charge in [-0.3, -0.25) is 9.79 Å². The van der Waals surface area contributed by atoms with Crippen LogP contribution in [0.15, 0.2) is 47.5 Å². The van der Waals surface area contributed by atoms with Gasteiger partial charge in [0.2, 0.25) is 0 Å². The Labute approximate surface area is 185 Å². The van der Waals surface area contributed by atoms with E-state index in [1.165, 1.54) is 5.56 Å². The predicted molar refractivity (Wildman–Crippen MR) is 125 cm³/mol. The number of rotatable bonds is 9. The van der Waals surface area contributed by atoms with Crippen LogP contribution in [0.25, 0.3) is 0 Å². The summed E-state index contributed by atoms with van der Waals surface area (Å²) in [4.78, 5) is 20.2. The summed E-state index contributed by atoms with van der Waals surface area (Å²) in [6.45, 7) is 1.54. The zero-order valence-corrected chi connectivity index (χ0v) is 19.4. The highest BCUT2D eigenvalue weighted by Crippen LogP contribution is 2.27. The van der Waals surface area contributed by atoms with E-state index in [-0.39, 0.29) is 5.91 Å². The number of guanidine groups is 1. The first-order valence-electron chi connectivity index (χ1n) is 10.3. The molecule has 2 aromatic rings. The Balaban J connectivity index is 1.88. The molecule has 0 saturated heterocycles. The molecule has 0 radical (unpaired) electrons. The van der Waals surface area contributed by atoms with E-state index in [1.807, 2.05) is 49.5 Å². The molecule has 0 spiro atoms. The van der Waals surface area contributed by atoms with Crippen LogP contribution in [0, 0.1) is 0 Å². The lowest BCUT2D eigenvalue weighted by Gasteiger charge is -2.22. The van der Waals surface area contributed by atoms with E-state index in [2.05, 4.69) is 15.2 Å². The fraction of sp³-hybridized carbons (Fsp3) is 0.417. The number of nitrogens with zero attached hydrogens (tertiary/aromatic N) is 3. The molecule has 0 fully saturated rings. The molecule has 168 valence electrons. The van der Waals surface area contributed by atoms with Gasteiger partial charge < -0.3 is 24.6 Å². The molecule has 1 amide bonds. The zero-order valence-electron chi connectivity index (χ0n) is 19.4. The molecule has 0 saturated carbocycles. The van der Waals surface area contributed by atoms with Gasteiger partial charge >= 0.3 is 0 Å². The number of aliphatic imine (C=N–C) groups is 1. The van der Waals surface area contributed by atoms with E-state index >= 15 is 0 Å². The van der Waals surface area contributed by atoms with E-state index < -0.39 is 0 Å². The van der Waals surface area contributed by atoms with Crippen LogP contribution >= 0.6 is 0 Å². The first-order chi connectivity index (χ1) is 14.9. The third-order valence-electron chi connectivity index (χ3n) is 5.03. The average Bonchev–Trinajstić information content (AvgIpc) is 2.79. The number of carbonyl (C=O) groups excluding carboxylic acids is 1. The topological polar surface area (TPSA) is 66.4 Å². The number of methoxy groups -OCH3 is 2. The Bertz CT molecular complexity index is 896. The van der Waals surface area contributed by atoms with Crippen molar-refractivity contribution in [2.24, 2.45) is 4.99 Å². The summed E-state index contributed by atoms with van der Waals surface area (Å²) < 4.78 is 10.7. The molecule has 31 heavy (non-hydrogen) atoms. The highest BCUT2D eigenvalue weighted by molar-refractivity contribution is 5.94. The number of likely N-dealkylation sites (N-methyl/N-ethyl adjacent to an activating group) is 1. The molecule has 0 aliphatic heterocycles. The smallest absolute Gasteiger partial charge is 0.253 e. The third-order valence-corrected chi connectivity index (χ3v) is 5.03. The fourth-order valence-corrected chi connectivity index (χ4v) is 3.26. The zero-order chi connectivity index (χ0) is 22.8. The van der Waals surface area contributed by atoms with Gasteiger partial charge in [-0.05, 0) is 48.2 Å². The molecule has 2 rings (SSSR count). The van der Waals surface area contributed by atoms with Gasteiger partial charge in [0.1, 0.15) is 0 Å². The predicted octanol–water partition coefficient (Wildman–Crippen LogP) is 2.70. The maximum absolute atomic E-state index is 12.1. The van der Waals surface area contributed by atoms with Crippen molar-refractivity contribution < 1.29 is 14.3 Å². The Hall–Kier alpha value is -3.22. The molecule has 0 aromatic heterocycles. The maximum Gasteiger partial charge on any atom is 0.253 e. The van der Waals surface area contributed by atoms with Gasteiger partial charge in [0, 0.05) is 46.8 Å². The van der Waals surface area contributed by atoms with Crippen LogP contribution in [-0.4, -0.2) is 77.2 Å². The van der Waals surface area contributed by atoms with Gasteiger partial charge in [-0.15, -0.1) is 0 Å². The van der Waals surface area contributed by atoms with Crippen molar-refractivity contribution in [3.05, 3.63) is 59.2 Å². The largest absolute Gasteiger partial charge is 0.493 e. The molecule has 0 heterocycles. The van der Waals surface area contributed by atoms with Gasteiger partial charge in [0.25, 0.3) is 5.91 Å². The van der Waals surface area contributed by atoms with E-state index in [0.717, 1.165) is 49.0 Å². The first-order valence-corrected chi connectivity index (χ1v) is 10.3. The molecular weight excluding hydrogens is 392 g/mol. The number of carbonyl (C=O) groups is 1.